The SMILES string of the molecule is NC(C(=O)O)c1csc(-c2ccc(SC(F)(F)F)cc2)n1. The number of aromatic nitrogens is 1. The number of carboxylic acid groups (broad SMARTS) is 1. The number of hydrogen-bond donors (Lipinski definition) is 2. The second kappa shape index (κ2) is 6.04. The van der Waals surface area contributed by atoms with E-state index in [1.54, 1.807) is 0 Å². The first-order valence-electron chi connectivity index (χ1n) is 5.56. The van der Waals surface area contributed by atoms with Crippen LogP contribution in [0.5, 0.6) is 0 Å². The molecule has 0 saturated carbocycles. The smallest absolute Gasteiger partial charge is 0.446 e. The van der Waals surface area contributed by atoms with Crippen LogP contribution >= 0.6 is 23.1 Å². The van der Waals surface area contributed by atoms with Crippen molar-refractivity contribution in [1.82, 2.24) is 4.98 Å². The minimum absolute atomic E-state index is 0.0743. The number of nitrogens with zero attached hydrogens (tertiary/aromatic N) is 1. The van der Waals surface area contributed by atoms with E-state index in [9.17, 15) is 18.0 Å². The number of halogens is 3. The van der Waals surface area contributed by atoms with Gasteiger partial charge in [0.1, 0.15) is 11.0 Å². The van der Waals surface area contributed by atoms with Crippen molar-refractivity contribution in [3.8, 4) is 10.6 Å². The van der Waals surface area contributed by atoms with Gasteiger partial charge in [0, 0.05) is 15.8 Å². The van der Waals surface area contributed by atoms with Crippen molar-refractivity contribution in [1.29, 1.82) is 0 Å². The van der Waals surface area contributed by atoms with Gasteiger partial charge in [0.25, 0.3) is 0 Å². The van der Waals surface area contributed by atoms with Gasteiger partial charge in [-0.25, -0.2) is 4.98 Å². The van der Waals surface area contributed by atoms with Crippen LogP contribution in [0, 0.1) is 0 Å². The first-order valence-corrected chi connectivity index (χ1v) is 7.26. The Labute approximate surface area is 125 Å². The van der Waals surface area contributed by atoms with E-state index >= 15 is 0 Å². The fraction of sp³-hybridized carbons (Fsp3) is 0.167. The second-order valence-electron chi connectivity index (χ2n) is 3.97. The van der Waals surface area contributed by atoms with Crippen LogP contribution < -0.4 is 5.73 Å². The molecule has 0 bridgehead atoms. The van der Waals surface area contributed by atoms with Gasteiger partial charge in [-0.1, -0.05) is 12.1 Å². The van der Waals surface area contributed by atoms with Crippen molar-refractivity contribution in [2.45, 2.75) is 16.4 Å². The number of nitrogens with two attached hydrogens (primary N) is 1. The molecule has 4 nitrogen and oxygen atoms in total. The Morgan fingerprint density at radius 2 is 1.95 bits per heavy atom. The zero-order valence-corrected chi connectivity index (χ0v) is 11.9. The highest BCUT2D eigenvalue weighted by molar-refractivity contribution is 8.00. The average molecular weight is 334 g/mol. The van der Waals surface area contributed by atoms with Crippen LogP contribution in [0.25, 0.3) is 10.6 Å². The molecule has 1 aromatic heterocycles. The Bertz CT molecular complexity index is 641. The first kappa shape index (κ1) is 15.8. The number of carboxylic acids is 1. The summed E-state index contributed by atoms with van der Waals surface area (Å²) < 4.78 is 36.6. The van der Waals surface area contributed by atoms with Gasteiger partial charge < -0.3 is 10.8 Å². The third-order valence-electron chi connectivity index (χ3n) is 2.44. The molecule has 0 fully saturated rings. The number of alkyl halides is 3. The minimum Gasteiger partial charge on any atom is -0.480 e. The fourth-order valence-corrected chi connectivity index (χ4v) is 2.89. The molecule has 0 aliphatic heterocycles. The summed E-state index contributed by atoms with van der Waals surface area (Å²) in [6.07, 6.45) is 0. The maximum absolute atomic E-state index is 12.2. The van der Waals surface area contributed by atoms with E-state index < -0.39 is 17.5 Å². The molecule has 2 aromatic rings. The van der Waals surface area contributed by atoms with Gasteiger partial charge in [0.15, 0.2) is 0 Å². The quantitative estimate of drug-likeness (QED) is 0.837. The van der Waals surface area contributed by atoms with Crippen molar-refractivity contribution in [2.75, 3.05) is 0 Å². The zero-order chi connectivity index (χ0) is 15.6. The molecule has 1 heterocycles. The molecule has 0 aliphatic rings. The maximum Gasteiger partial charge on any atom is 0.446 e. The topological polar surface area (TPSA) is 76.2 Å². The van der Waals surface area contributed by atoms with Crippen LogP contribution in [-0.4, -0.2) is 21.6 Å². The van der Waals surface area contributed by atoms with Crippen molar-refractivity contribution in [2.24, 2.45) is 5.73 Å². The molecule has 2 rings (SSSR count). The molecule has 9 heteroatoms. The molecule has 1 atom stereocenters. The first-order chi connectivity index (χ1) is 9.76. The zero-order valence-electron chi connectivity index (χ0n) is 10.3. The molecular formula is C12H9F3N2O2S2. The van der Waals surface area contributed by atoms with E-state index in [0.29, 0.717) is 10.6 Å². The summed E-state index contributed by atoms with van der Waals surface area (Å²) >= 11 is 0.988. The molecule has 3 N–H and O–H groups in total. The minimum atomic E-state index is -4.33. The molecule has 0 saturated heterocycles. The number of carbonyl (C=O) groups is 1. The highest BCUT2D eigenvalue weighted by atomic mass is 32.2. The van der Waals surface area contributed by atoms with E-state index in [2.05, 4.69) is 4.98 Å². The van der Waals surface area contributed by atoms with E-state index in [4.69, 9.17) is 10.8 Å². The average Bonchev–Trinajstić information content (AvgIpc) is 2.86. The van der Waals surface area contributed by atoms with Gasteiger partial charge in [0.2, 0.25) is 0 Å². The third-order valence-corrected chi connectivity index (χ3v) is 4.09. The number of aliphatic carboxylic acids is 1. The number of hydrogen-bond acceptors (Lipinski definition) is 5. The van der Waals surface area contributed by atoms with Crippen molar-refractivity contribution < 1.29 is 23.1 Å². The Morgan fingerprint density at radius 3 is 2.48 bits per heavy atom. The predicted octanol–water partition coefficient (Wildman–Crippen LogP) is 3.51. The van der Waals surface area contributed by atoms with Crippen molar-refractivity contribution >= 4 is 29.1 Å². The van der Waals surface area contributed by atoms with E-state index in [0.717, 1.165) is 0 Å². The van der Waals surface area contributed by atoms with Crippen molar-refractivity contribution in [3.05, 3.63) is 35.3 Å². The number of rotatable bonds is 4. The van der Waals surface area contributed by atoms with Gasteiger partial charge in [-0.2, -0.15) is 13.2 Å². The molecule has 112 valence electrons. The molecule has 0 radical (unpaired) electrons. The van der Waals surface area contributed by atoms with Crippen LogP contribution in [0.3, 0.4) is 0 Å². The number of thioether (sulfide) groups is 1. The summed E-state index contributed by atoms with van der Waals surface area (Å²) in [4.78, 5) is 14.9. The fourth-order valence-electron chi connectivity index (χ4n) is 1.49. The molecule has 0 spiro atoms. The van der Waals surface area contributed by atoms with Gasteiger partial charge >= 0.3 is 11.5 Å². The summed E-state index contributed by atoms with van der Waals surface area (Å²) in [5.74, 6) is -1.19. The van der Waals surface area contributed by atoms with Crippen LogP contribution in [0.4, 0.5) is 13.2 Å². The van der Waals surface area contributed by atoms with Crippen molar-refractivity contribution in [3.63, 3.8) is 0 Å². The van der Waals surface area contributed by atoms with Crippen LogP contribution in [0.15, 0.2) is 34.5 Å². The van der Waals surface area contributed by atoms with E-state index in [-0.39, 0.29) is 22.4 Å². The predicted molar refractivity (Wildman–Crippen MR) is 74.0 cm³/mol. The monoisotopic (exact) mass is 334 g/mol. The lowest BCUT2D eigenvalue weighted by Gasteiger charge is -2.05. The molecule has 21 heavy (non-hydrogen) atoms. The molecule has 1 unspecified atom stereocenters. The standard InChI is InChI=1S/C12H9F3N2O2S2/c13-12(14,15)21-7-3-1-6(2-4-7)10-17-8(5-20-10)9(16)11(18)19/h1-5,9H,16H2,(H,18,19). The van der Waals surface area contributed by atoms with E-state index in [1.165, 1.54) is 41.0 Å². The lowest BCUT2D eigenvalue weighted by molar-refractivity contribution is -0.138. The number of thiazole rings is 1. The Balaban J connectivity index is 2.18. The van der Waals surface area contributed by atoms with E-state index in [1.807, 2.05) is 0 Å². The largest absolute Gasteiger partial charge is 0.480 e. The summed E-state index contributed by atoms with van der Waals surface area (Å²) in [5.41, 5.74) is 1.94. The highest BCUT2D eigenvalue weighted by Gasteiger charge is 2.29. The van der Waals surface area contributed by atoms with Crippen LogP contribution in [-0.2, 0) is 4.79 Å². The molecule has 0 amide bonds. The normalized spacial score (nSPS) is 13.1. The lowest BCUT2D eigenvalue weighted by atomic mass is 10.2. The van der Waals surface area contributed by atoms with Gasteiger partial charge in [-0.05, 0) is 23.9 Å². The van der Waals surface area contributed by atoms with Gasteiger partial charge in [0.05, 0.1) is 5.69 Å². The molecular weight excluding hydrogens is 325 g/mol. The third kappa shape index (κ3) is 4.19. The second-order valence-corrected chi connectivity index (χ2v) is 5.96. The Morgan fingerprint density at radius 1 is 1.33 bits per heavy atom. The Kier molecular flexibility index (Phi) is 4.55. The maximum atomic E-state index is 12.2. The summed E-state index contributed by atoms with van der Waals surface area (Å²) in [6.45, 7) is 0. The number of benzene rings is 1. The Hall–Kier alpha value is -1.58. The molecule has 1 aromatic carbocycles. The summed E-state index contributed by atoms with van der Waals surface area (Å²) in [5, 5.41) is 10.8. The molecule has 0 aliphatic carbocycles. The lowest BCUT2D eigenvalue weighted by Crippen LogP contribution is -2.20. The summed E-state index contributed by atoms with van der Waals surface area (Å²) in [6, 6.07) is 4.47. The summed E-state index contributed by atoms with van der Waals surface area (Å²) in [7, 11) is 0. The van der Waals surface area contributed by atoms with Crippen LogP contribution in [0.1, 0.15) is 11.7 Å². The highest BCUT2D eigenvalue weighted by Crippen LogP contribution is 2.37. The van der Waals surface area contributed by atoms with Gasteiger partial charge in [-0.3, -0.25) is 4.79 Å². The van der Waals surface area contributed by atoms with Gasteiger partial charge in [-0.15, -0.1) is 11.3 Å². The van der Waals surface area contributed by atoms with Crippen LogP contribution in [0.2, 0.25) is 0 Å².